The predicted molar refractivity (Wildman–Crippen MR) is 68.5 cm³/mol. The molecule has 0 aliphatic carbocycles. The fourth-order valence-corrected chi connectivity index (χ4v) is 3.16. The van der Waals surface area contributed by atoms with Gasteiger partial charge in [0, 0.05) is 32.2 Å². The molecule has 2 heterocycles. The van der Waals surface area contributed by atoms with Crippen LogP contribution in [0.2, 0.25) is 0 Å². The molecule has 0 amide bonds. The Hall–Kier alpha value is -0.120. The molecule has 3 heteroatoms. The Bertz CT molecular complexity index is 191. The molecule has 0 bridgehead atoms. The summed E-state index contributed by atoms with van der Waals surface area (Å²) < 4.78 is 0. The number of rotatable bonds is 3. The molecular formula is C13H27N3. The van der Waals surface area contributed by atoms with Gasteiger partial charge in [-0.05, 0) is 38.3 Å². The number of nitrogens with zero attached hydrogens (tertiary/aromatic N) is 2. The Labute approximate surface area is 100.0 Å². The third-order valence-electron chi connectivity index (χ3n) is 3.95. The normalized spacial score (nSPS) is 34.1. The molecule has 2 aliphatic rings. The monoisotopic (exact) mass is 225 g/mol. The largest absolute Gasteiger partial charge is 0.327 e. The van der Waals surface area contributed by atoms with Gasteiger partial charge in [0.05, 0.1) is 0 Å². The lowest BCUT2D eigenvalue weighted by atomic mass is 9.96. The first-order valence-electron chi connectivity index (χ1n) is 6.94. The molecule has 94 valence electrons. The van der Waals surface area contributed by atoms with Crippen molar-refractivity contribution in [3.63, 3.8) is 0 Å². The molecule has 0 radical (unpaired) electrons. The summed E-state index contributed by atoms with van der Waals surface area (Å²) in [5, 5.41) is 0. The second-order valence-electron chi connectivity index (χ2n) is 5.76. The van der Waals surface area contributed by atoms with Crippen LogP contribution in [0.1, 0.15) is 32.6 Å². The molecule has 2 aliphatic heterocycles. The highest BCUT2D eigenvalue weighted by molar-refractivity contribution is 4.80. The Morgan fingerprint density at radius 1 is 1.00 bits per heavy atom. The maximum absolute atomic E-state index is 6.07. The molecule has 0 aromatic rings. The molecule has 0 saturated carbocycles. The third kappa shape index (κ3) is 3.72. The summed E-state index contributed by atoms with van der Waals surface area (Å²) in [6.45, 7) is 9.79. The molecule has 0 spiro atoms. The summed E-state index contributed by atoms with van der Waals surface area (Å²) in [6, 6.07) is 0.408. The number of hydrogen-bond acceptors (Lipinski definition) is 3. The molecule has 0 aromatic heterocycles. The van der Waals surface area contributed by atoms with Crippen LogP contribution in [-0.4, -0.2) is 55.1 Å². The van der Waals surface area contributed by atoms with E-state index in [0.717, 1.165) is 12.5 Å². The minimum Gasteiger partial charge on any atom is -0.327 e. The van der Waals surface area contributed by atoms with Crippen LogP contribution in [0.3, 0.4) is 0 Å². The Morgan fingerprint density at radius 2 is 1.69 bits per heavy atom. The van der Waals surface area contributed by atoms with Crippen molar-refractivity contribution in [1.82, 2.24) is 9.80 Å². The van der Waals surface area contributed by atoms with Crippen LogP contribution < -0.4 is 5.73 Å². The molecule has 2 N–H and O–H groups in total. The summed E-state index contributed by atoms with van der Waals surface area (Å²) in [6.07, 6.45) is 5.44. The van der Waals surface area contributed by atoms with E-state index in [-0.39, 0.29) is 0 Å². The van der Waals surface area contributed by atoms with Crippen molar-refractivity contribution in [1.29, 1.82) is 0 Å². The van der Waals surface area contributed by atoms with E-state index in [1.165, 1.54) is 58.4 Å². The zero-order chi connectivity index (χ0) is 11.4. The number of nitrogens with two attached hydrogens (primary N) is 1. The summed E-state index contributed by atoms with van der Waals surface area (Å²) in [7, 11) is 0. The topological polar surface area (TPSA) is 32.5 Å². The van der Waals surface area contributed by atoms with Gasteiger partial charge in [-0.1, -0.05) is 13.3 Å². The SMILES string of the molecule is CC1CC(N)CN(CCN2CCCCC2)C1. The van der Waals surface area contributed by atoms with Crippen molar-refractivity contribution in [2.24, 2.45) is 11.7 Å². The number of piperidine rings is 2. The summed E-state index contributed by atoms with van der Waals surface area (Å²) >= 11 is 0. The lowest BCUT2D eigenvalue weighted by molar-refractivity contribution is 0.133. The first-order valence-corrected chi connectivity index (χ1v) is 6.94. The molecule has 16 heavy (non-hydrogen) atoms. The van der Waals surface area contributed by atoms with Crippen LogP contribution in [0.15, 0.2) is 0 Å². The highest BCUT2D eigenvalue weighted by Gasteiger charge is 2.22. The Kier molecular flexibility index (Phi) is 4.62. The van der Waals surface area contributed by atoms with Crippen molar-refractivity contribution in [2.75, 3.05) is 39.3 Å². The lowest BCUT2D eigenvalue weighted by Gasteiger charge is -2.36. The predicted octanol–water partition coefficient (Wildman–Crippen LogP) is 1.14. The van der Waals surface area contributed by atoms with Gasteiger partial charge < -0.3 is 15.5 Å². The molecule has 3 nitrogen and oxygen atoms in total. The van der Waals surface area contributed by atoms with E-state index < -0.39 is 0 Å². The highest BCUT2D eigenvalue weighted by Crippen LogP contribution is 2.15. The fraction of sp³-hybridized carbons (Fsp3) is 1.00. The van der Waals surface area contributed by atoms with Crippen molar-refractivity contribution in [3.05, 3.63) is 0 Å². The molecular weight excluding hydrogens is 198 g/mol. The fourth-order valence-electron chi connectivity index (χ4n) is 3.16. The van der Waals surface area contributed by atoms with Crippen LogP contribution in [0, 0.1) is 5.92 Å². The van der Waals surface area contributed by atoms with Gasteiger partial charge in [-0.15, -0.1) is 0 Å². The van der Waals surface area contributed by atoms with E-state index >= 15 is 0 Å². The highest BCUT2D eigenvalue weighted by atomic mass is 15.2. The number of likely N-dealkylation sites (tertiary alicyclic amines) is 2. The van der Waals surface area contributed by atoms with Gasteiger partial charge in [-0.3, -0.25) is 0 Å². The first kappa shape index (κ1) is 12.3. The standard InChI is InChI=1S/C13H27N3/c1-12-9-13(14)11-16(10-12)8-7-15-5-3-2-4-6-15/h12-13H,2-11,14H2,1H3. The summed E-state index contributed by atoms with van der Waals surface area (Å²) in [4.78, 5) is 5.18. The molecule has 2 atom stereocenters. The van der Waals surface area contributed by atoms with Crippen LogP contribution in [0.5, 0.6) is 0 Å². The van der Waals surface area contributed by atoms with E-state index in [9.17, 15) is 0 Å². The molecule has 2 rings (SSSR count). The van der Waals surface area contributed by atoms with Gasteiger partial charge in [0.1, 0.15) is 0 Å². The summed E-state index contributed by atoms with van der Waals surface area (Å²) in [5.74, 6) is 0.783. The second kappa shape index (κ2) is 5.99. The Morgan fingerprint density at radius 3 is 2.38 bits per heavy atom. The Balaban J connectivity index is 1.68. The average molecular weight is 225 g/mol. The quantitative estimate of drug-likeness (QED) is 0.782. The number of hydrogen-bond donors (Lipinski definition) is 1. The van der Waals surface area contributed by atoms with Crippen LogP contribution >= 0.6 is 0 Å². The van der Waals surface area contributed by atoms with E-state index in [4.69, 9.17) is 5.73 Å². The van der Waals surface area contributed by atoms with E-state index in [1.54, 1.807) is 0 Å². The van der Waals surface area contributed by atoms with Gasteiger partial charge in [-0.25, -0.2) is 0 Å². The third-order valence-corrected chi connectivity index (χ3v) is 3.95. The van der Waals surface area contributed by atoms with E-state index in [1.807, 2.05) is 0 Å². The van der Waals surface area contributed by atoms with Crippen LogP contribution in [-0.2, 0) is 0 Å². The van der Waals surface area contributed by atoms with Crippen LogP contribution in [0.4, 0.5) is 0 Å². The zero-order valence-corrected chi connectivity index (χ0v) is 10.7. The second-order valence-corrected chi connectivity index (χ2v) is 5.76. The average Bonchev–Trinajstić information content (AvgIpc) is 2.27. The van der Waals surface area contributed by atoms with E-state index in [0.29, 0.717) is 6.04 Å². The van der Waals surface area contributed by atoms with Crippen molar-refractivity contribution < 1.29 is 0 Å². The van der Waals surface area contributed by atoms with Gasteiger partial charge in [0.25, 0.3) is 0 Å². The van der Waals surface area contributed by atoms with Crippen molar-refractivity contribution >= 4 is 0 Å². The minimum atomic E-state index is 0.408. The lowest BCUT2D eigenvalue weighted by Crippen LogP contribution is -2.48. The van der Waals surface area contributed by atoms with Crippen molar-refractivity contribution in [2.45, 2.75) is 38.6 Å². The first-order chi connectivity index (χ1) is 7.74. The smallest absolute Gasteiger partial charge is 0.0170 e. The minimum absolute atomic E-state index is 0.408. The van der Waals surface area contributed by atoms with Gasteiger partial charge in [0.15, 0.2) is 0 Å². The molecule has 2 unspecified atom stereocenters. The molecule has 2 saturated heterocycles. The molecule has 0 aromatic carbocycles. The zero-order valence-electron chi connectivity index (χ0n) is 10.7. The van der Waals surface area contributed by atoms with Gasteiger partial charge in [-0.2, -0.15) is 0 Å². The van der Waals surface area contributed by atoms with Crippen molar-refractivity contribution in [3.8, 4) is 0 Å². The molecule has 2 fully saturated rings. The summed E-state index contributed by atoms with van der Waals surface area (Å²) in [5.41, 5.74) is 6.07. The maximum atomic E-state index is 6.07. The van der Waals surface area contributed by atoms with Gasteiger partial charge in [0.2, 0.25) is 0 Å². The van der Waals surface area contributed by atoms with Crippen LogP contribution in [0.25, 0.3) is 0 Å². The maximum Gasteiger partial charge on any atom is 0.0170 e. The van der Waals surface area contributed by atoms with Gasteiger partial charge >= 0.3 is 0 Å². The van der Waals surface area contributed by atoms with E-state index in [2.05, 4.69) is 16.7 Å².